The normalized spacial score (nSPS) is 13.6. The second kappa shape index (κ2) is 4.70. The molecule has 6 heteroatoms. The van der Waals surface area contributed by atoms with Gasteiger partial charge in [0.25, 0.3) is 0 Å². The van der Waals surface area contributed by atoms with Gasteiger partial charge in [-0.25, -0.2) is 0 Å². The molecule has 2 heterocycles. The minimum absolute atomic E-state index is 0.569. The van der Waals surface area contributed by atoms with Crippen molar-refractivity contribution < 1.29 is 9.47 Å². The van der Waals surface area contributed by atoms with Crippen molar-refractivity contribution >= 4 is 17.4 Å². The number of nitrogen functional groups attached to an aromatic ring is 1. The Morgan fingerprint density at radius 2 is 1.89 bits per heavy atom. The second-order valence-corrected chi connectivity index (χ2v) is 5.45. The maximum absolute atomic E-state index is 6.06. The van der Waals surface area contributed by atoms with Crippen LogP contribution < -0.4 is 15.2 Å². The number of nitrogens with two attached hydrogens (primary N) is 1. The molecule has 0 fully saturated rings. The maximum atomic E-state index is 6.06. The van der Waals surface area contributed by atoms with E-state index in [1.54, 1.807) is 11.8 Å². The van der Waals surface area contributed by atoms with Crippen LogP contribution >= 0.6 is 11.8 Å². The monoisotopic (exact) mass is 277 g/mol. The van der Waals surface area contributed by atoms with Gasteiger partial charge in [0.1, 0.15) is 13.2 Å². The largest absolute Gasteiger partial charge is 0.486 e. The fraction of sp³-hybridized carbons (Fsp3) is 0.308. The van der Waals surface area contributed by atoms with E-state index in [1.807, 2.05) is 36.9 Å². The van der Waals surface area contributed by atoms with Gasteiger partial charge in [0.05, 0.1) is 10.7 Å². The summed E-state index contributed by atoms with van der Waals surface area (Å²) < 4.78 is 12.9. The molecule has 0 amide bonds. The average molecular weight is 277 g/mol. The molecule has 3 rings (SSSR count). The molecular weight excluding hydrogens is 262 g/mol. The number of nitrogens with zero attached hydrogens (tertiary/aromatic N) is 2. The van der Waals surface area contributed by atoms with Crippen molar-refractivity contribution in [1.29, 1.82) is 0 Å². The second-order valence-electron chi connectivity index (χ2n) is 4.38. The van der Waals surface area contributed by atoms with E-state index in [-0.39, 0.29) is 0 Å². The number of ether oxygens (including phenoxy) is 2. The van der Waals surface area contributed by atoms with Crippen LogP contribution in [0, 0.1) is 6.92 Å². The number of anilines is 1. The third kappa shape index (κ3) is 2.35. The van der Waals surface area contributed by atoms with E-state index in [9.17, 15) is 0 Å². The number of fused-ring (bicyclic) bond motifs is 1. The van der Waals surface area contributed by atoms with E-state index >= 15 is 0 Å². The Hall–Kier alpha value is -1.82. The molecule has 1 aliphatic rings. The first-order valence-corrected chi connectivity index (χ1v) is 6.83. The molecule has 5 nitrogen and oxygen atoms in total. The maximum Gasteiger partial charge on any atom is 0.163 e. The molecule has 19 heavy (non-hydrogen) atoms. The lowest BCUT2D eigenvalue weighted by Gasteiger charge is -2.19. The van der Waals surface area contributed by atoms with Crippen molar-refractivity contribution in [2.45, 2.75) is 16.8 Å². The van der Waals surface area contributed by atoms with Gasteiger partial charge in [0, 0.05) is 29.8 Å². The summed E-state index contributed by atoms with van der Waals surface area (Å²) in [4.78, 5) is 0.951. The molecule has 2 aromatic rings. The highest BCUT2D eigenvalue weighted by Gasteiger charge is 2.16. The summed E-state index contributed by atoms with van der Waals surface area (Å²) in [5.41, 5.74) is 7.74. The molecule has 0 spiro atoms. The molecule has 1 aromatic carbocycles. The van der Waals surface area contributed by atoms with Gasteiger partial charge in [-0.3, -0.25) is 4.68 Å². The zero-order valence-electron chi connectivity index (χ0n) is 10.8. The van der Waals surface area contributed by atoms with Crippen LogP contribution in [0.5, 0.6) is 11.5 Å². The Morgan fingerprint density at radius 3 is 2.53 bits per heavy atom. The molecule has 0 unspecified atom stereocenters. The Bertz CT molecular complexity index is 625. The van der Waals surface area contributed by atoms with E-state index in [0.29, 0.717) is 24.7 Å². The summed E-state index contributed by atoms with van der Waals surface area (Å²) in [7, 11) is 1.92. The van der Waals surface area contributed by atoms with Crippen molar-refractivity contribution in [3.8, 4) is 11.5 Å². The highest BCUT2D eigenvalue weighted by atomic mass is 32.2. The Labute approximate surface area is 115 Å². The fourth-order valence-electron chi connectivity index (χ4n) is 1.97. The van der Waals surface area contributed by atoms with Gasteiger partial charge in [0.15, 0.2) is 11.5 Å². The first-order chi connectivity index (χ1) is 9.13. The van der Waals surface area contributed by atoms with Crippen LogP contribution in [-0.2, 0) is 7.05 Å². The lowest BCUT2D eigenvalue weighted by molar-refractivity contribution is 0.171. The first kappa shape index (κ1) is 12.2. The molecule has 0 saturated heterocycles. The van der Waals surface area contributed by atoms with E-state index < -0.39 is 0 Å². The summed E-state index contributed by atoms with van der Waals surface area (Å²) in [5.74, 6) is 1.47. The van der Waals surface area contributed by atoms with Gasteiger partial charge in [-0.2, -0.15) is 5.10 Å². The zero-order chi connectivity index (χ0) is 13.4. The fourth-order valence-corrected chi connectivity index (χ4v) is 2.94. The lowest BCUT2D eigenvalue weighted by atomic mass is 10.2. The van der Waals surface area contributed by atoms with Crippen molar-refractivity contribution in [2.75, 3.05) is 18.9 Å². The highest BCUT2D eigenvalue weighted by molar-refractivity contribution is 7.99. The number of hydrogen-bond acceptors (Lipinski definition) is 5. The zero-order valence-corrected chi connectivity index (χ0v) is 11.7. The van der Waals surface area contributed by atoms with Crippen LogP contribution in [-0.4, -0.2) is 23.0 Å². The number of aryl methyl sites for hydroxylation is 2. The van der Waals surface area contributed by atoms with Crippen molar-refractivity contribution in [1.82, 2.24) is 9.78 Å². The molecule has 1 aromatic heterocycles. The molecule has 100 valence electrons. The quantitative estimate of drug-likeness (QED) is 0.853. The van der Waals surface area contributed by atoms with Crippen LogP contribution in [0.2, 0.25) is 0 Å². The van der Waals surface area contributed by atoms with Gasteiger partial charge >= 0.3 is 0 Å². The summed E-state index contributed by atoms with van der Waals surface area (Å²) >= 11 is 1.57. The van der Waals surface area contributed by atoms with Gasteiger partial charge in [0.2, 0.25) is 0 Å². The summed E-state index contributed by atoms with van der Waals surface area (Å²) in [6.45, 7) is 3.11. The van der Waals surface area contributed by atoms with Crippen LogP contribution in [0.15, 0.2) is 28.1 Å². The molecular formula is C13H15N3O2S. The third-order valence-electron chi connectivity index (χ3n) is 2.85. The van der Waals surface area contributed by atoms with Gasteiger partial charge in [-0.05, 0) is 13.0 Å². The van der Waals surface area contributed by atoms with Gasteiger partial charge in [-0.1, -0.05) is 11.8 Å². The van der Waals surface area contributed by atoms with E-state index in [1.165, 1.54) is 0 Å². The molecule has 0 aliphatic carbocycles. The highest BCUT2D eigenvalue weighted by Crippen LogP contribution is 2.40. The number of benzene rings is 1. The van der Waals surface area contributed by atoms with Crippen molar-refractivity contribution in [3.05, 3.63) is 23.9 Å². The topological polar surface area (TPSA) is 62.3 Å². The van der Waals surface area contributed by atoms with Crippen molar-refractivity contribution in [3.63, 3.8) is 0 Å². The average Bonchev–Trinajstić information content (AvgIpc) is 2.69. The smallest absolute Gasteiger partial charge is 0.163 e. The number of hydrogen-bond donors (Lipinski definition) is 1. The molecule has 0 bridgehead atoms. The number of aromatic nitrogens is 2. The molecule has 2 N–H and O–H groups in total. The van der Waals surface area contributed by atoms with Crippen LogP contribution in [0.25, 0.3) is 0 Å². The predicted octanol–water partition coefficient (Wildman–Crippen LogP) is 2.23. The van der Waals surface area contributed by atoms with Crippen molar-refractivity contribution in [2.24, 2.45) is 7.05 Å². The standard InChI is InChI=1S/C13H15N3O2S/c1-8-5-13(16(2)15-8)19-12-7-11-10(6-9(12)14)17-3-4-18-11/h5-7H,3-4,14H2,1-2H3. The Balaban J connectivity index is 1.94. The minimum Gasteiger partial charge on any atom is -0.486 e. The molecule has 1 aliphatic heterocycles. The molecule has 0 saturated carbocycles. The van der Waals surface area contributed by atoms with Crippen LogP contribution in [0.3, 0.4) is 0 Å². The first-order valence-electron chi connectivity index (χ1n) is 6.01. The minimum atomic E-state index is 0.569. The van der Waals surface area contributed by atoms with Crippen LogP contribution in [0.1, 0.15) is 5.69 Å². The van der Waals surface area contributed by atoms with Gasteiger partial charge < -0.3 is 15.2 Å². The molecule has 0 atom stereocenters. The predicted molar refractivity (Wildman–Crippen MR) is 73.9 cm³/mol. The van der Waals surface area contributed by atoms with Gasteiger partial charge in [-0.15, -0.1) is 0 Å². The Kier molecular flexibility index (Phi) is 3.02. The lowest BCUT2D eigenvalue weighted by Crippen LogP contribution is -2.15. The van der Waals surface area contributed by atoms with Crippen LogP contribution in [0.4, 0.5) is 5.69 Å². The Morgan fingerprint density at radius 1 is 1.21 bits per heavy atom. The third-order valence-corrected chi connectivity index (χ3v) is 4.01. The summed E-state index contributed by atoms with van der Waals surface area (Å²) in [6.07, 6.45) is 0. The summed E-state index contributed by atoms with van der Waals surface area (Å²) in [5, 5.41) is 5.37. The van der Waals surface area contributed by atoms with E-state index in [4.69, 9.17) is 15.2 Å². The molecule has 0 radical (unpaired) electrons. The SMILES string of the molecule is Cc1cc(Sc2cc3c(cc2N)OCCO3)n(C)n1. The van der Waals surface area contributed by atoms with E-state index in [2.05, 4.69) is 5.10 Å². The number of rotatable bonds is 2. The van der Waals surface area contributed by atoms with E-state index in [0.717, 1.165) is 21.4 Å². The summed E-state index contributed by atoms with van der Waals surface area (Å²) in [6, 6.07) is 5.78.